The molecule has 0 aromatic heterocycles. The number of hydrogen-bond donors (Lipinski definition) is 3. The molecule has 1 unspecified atom stereocenters. The number of aromatic carboxylic acids is 1. The lowest BCUT2D eigenvalue weighted by Gasteiger charge is -2.22. The number of anilines is 2. The first kappa shape index (κ1) is 12.6. The molecular weight excluding hydrogens is 239 g/mol. The van der Waals surface area contributed by atoms with Crippen LogP contribution < -0.4 is 10.6 Å². The normalized spacial score (nSPS) is 23.4. The van der Waals surface area contributed by atoms with Crippen LogP contribution in [0.5, 0.6) is 0 Å². The second-order valence-corrected chi connectivity index (χ2v) is 4.86. The number of carbonyl (C=O) groups is 1. The van der Waals surface area contributed by atoms with Crippen LogP contribution in [0.25, 0.3) is 0 Å². The van der Waals surface area contributed by atoms with Crippen molar-refractivity contribution in [3.63, 3.8) is 0 Å². The number of rotatable bonds is 2. The Morgan fingerprint density at radius 2 is 2.22 bits per heavy atom. The minimum atomic E-state index is -1.19. The van der Waals surface area contributed by atoms with Crippen molar-refractivity contribution >= 4 is 17.3 Å². The van der Waals surface area contributed by atoms with Gasteiger partial charge in [0.15, 0.2) is 0 Å². The third kappa shape index (κ3) is 2.24. The number of carboxylic acids is 1. The Balaban J connectivity index is 2.39. The number of β-amino-alcohol motifs (C(OH)–C–C–N with tert-alkyl or cyclic N) is 1. The van der Waals surface area contributed by atoms with E-state index in [1.54, 1.807) is 11.8 Å². The van der Waals surface area contributed by atoms with Gasteiger partial charge in [-0.15, -0.1) is 0 Å². The molecule has 2 rings (SSSR count). The summed E-state index contributed by atoms with van der Waals surface area (Å²) in [4.78, 5) is 12.6. The van der Waals surface area contributed by atoms with Crippen molar-refractivity contribution in [2.75, 3.05) is 23.7 Å². The average Bonchev–Trinajstić information content (AvgIpc) is 2.58. The number of benzene rings is 1. The molecule has 5 nitrogen and oxygen atoms in total. The van der Waals surface area contributed by atoms with Gasteiger partial charge in [-0.25, -0.2) is 9.18 Å². The van der Waals surface area contributed by atoms with Crippen LogP contribution in [0.3, 0.4) is 0 Å². The van der Waals surface area contributed by atoms with Crippen molar-refractivity contribution in [3.8, 4) is 0 Å². The van der Waals surface area contributed by atoms with E-state index >= 15 is 0 Å². The van der Waals surface area contributed by atoms with Gasteiger partial charge in [0.25, 0.3) is 0 Å². The van der Waals surface area contributed by atoms with Crippen molar-refractivity contribution in [1.82, 2.24) is 0 Å². The largest absolute Gasteiger partial charge is 0.478 e. The zero-order valence-electron chi connectivity index (χ0n) is 9.98. The molecule has 0 aliphatic carbocycles. The molecule has 18 heavy (non-hydrogen) atoms. The molecule has 0 saturated carbocycles. The molecule has 1 atom stereocenters. The first-order chi connectivity index (χ1) is 8.30. The second kappa shape index (κ2) is 4.13. The highest BCUT2D eigenvalue weighted by molar-refractivity contribution is 5.95. The summed E-state index contributed by atoms with van der Waals surface area (Å²) in [6, 6.07) is 2.22. The molecule has 0 spiro atoms. The molecule has 0 bridgehead atoms. The van der Waals surface area contributed by atoms with Gasteiger partial charge in [-0.2, -0.15) is 0 Å². The zero-order valence-corrected chi connectivity index (χ0v) is 9.98. The molecule has 1 aromatic rings. The fourth-order valence-electron chi connectivity index (χ4n) is 2.16. The van der Waals surface area contributed by atoms with E-state index in [2.05, 4.69) is 0 Å². The van der Waals surface area contributed by atoms with E-state index in [-0.39, 0.29) is 23.5 Å². The van der Waals surface area contributed by atoms with E-state index in [9.17, 15) is 14.3 Å². The summed E-state index contributed by atoms with van der Waals surface area (Å²) in [7, 11) is 0. The molecule has 1 aliphatic heterocycles. The Morgan fingerprint density at radius 1 is 1.56 bits per heavy atom. The standard InChI is InChI=1S/C12H15FN2O3/c1-12(18)2-3-15(6-12)10-4-7(11(16)17)9(14)5-8(10)13/h4-5,18H,2-3,6,14H2,1H3,(H,16,17). The van der Waals surface area contributed by atoms with Crippen molar-refractivity contribution in [1.29, 1.82) is 0 Å². The minimum Gasteiger partial charge on any atom is -0.478 e. The number of nitrogens with zero attached hydrogens (tertiary/aromatic N) is 1. The minimum absolute atomic E-state index is 0.102. The molecule has 0 radical (unpaired) electrons. The summed E-state index contributed by atoms with van der Waals surface area (Å²) in [5.74, 6) is -1.77. The summed E-state index contributed by atoms with van der Waals surface area (Å²) < 4.78 is 13.8. The first-order valence-corrected chi connectivity index (χ1v) is 5.60. The Morgan fingerprint density at radius 3 is 2.72 bits per heavy atom. The van der Waals surface area contributed by atoms with Crippen LogP contribution >= 0.6 is 0 Å². The summed E-state index contributed by atoms with van der Waals surface area (Å²) in [6.07, 6.45) is 0.513. The van der Waals surface area contributed by atoms with E-state index in [1.807, 2.05) is 0 Å². The average molecular weight is 254 g/mol. The third-order valence-corrected chi connectivity index (χ3v) is 3.14. The maximum atomic E-state index is 13.8. The molecule has 6 heteroatoms. The van der Waals surface area contributed by atoms with Crippen molar-refractivity contribution in [2.24, 2.45) is 0 Å². The van der Waals surface area contributed by atoms with Gasteiger partial charge in [0, 0.05) is 18.8 Å². The number of nitrogens with two attached hydrogens (primary N) is 1. The van der Waals surface area contributed by atoms with Crippen LogP contribution in [0.15, 0.2) is 12.1 Å². The van der Waals surface area contributed by atoms with Crippen LogP contribution in [0, 0.1) is 5.82 Å². The van der Waals surface area contributed by atoms with Gasteiger partial charge in [-0.1, -0.05) is 0 Å². The van der Waals surface area contributed by atoms with E-state index < -0.39 is 17.4 Å². The third-order valence-electron chi connectivity index (χ3n) is 3.14. The van der Waals surface area contributed by atoms with E-state index in [1.165, 1.54) is 6.07 Å². The predicted octanol–water partition coefficient (Wildman–Crippen LogP) is 1.07. The highest BCUT2D eigenvalue weighted by Gasteiger charge is 2.33. The van der Waals surface area contributed by atoms with Gasteiger partial charge in [0.2, 0.25) is 0 Å². The number of aliphatic hydroxyl groups is 1. The van der Waals surface area contributed by atoms with E-state index in [0.717, 1.165) is 6.07 Å². The maximum Gasteiger partial charge on any atom is 0.337 e. The lowest BCUT2D eigenvalue weighted by molar-refractivity contribution is 0.0698. The molecule has 0 amide bonds. The number of nitrogen functional groups attached to an aromatic ring is 1. The Labute approximate surface area is 104 Å². The number of carboxylic acid groups (broad SMARTS) is 1. The number of halogens is 1. The smallest absolute Gasteiger partial charge is 0.337 e. The molecular formula is C12H15FN2O3. The Bertz CT molecular complexity index is 502. The molecule has 1 heterocycles. The lowest BCUT2D eigenvalue weighted by Crippen LogP contribution is -2.30. The topological polar surface area (TPSA) is 86.8 Å². The van der Waals surface area contributed by atoms with Crippen LogP contribution in [0.2, 0.25) is 0 Å². The summed E-state index contributed by atoms with van der Waals surface area (Å²) in [6.45, 7) is 2.42. The lowest BCUT2D eigenvalue weighted by atomic mass is 10.1. The van der Waals surface area contributed by atoms with Gasteiger partial charge in [-0.3, -0.25) is 0 Å². The van der Waals surface area contributed by atoms with Gasteiger partial charge < -0.3 is 20.8 Å². The fraction of sp³-hybridized carbons (Fsp3) is 0.417. The molecule has 1 fully saturated rings. The Hall–Kier alpha value is -1.82. The van der Waals surface area contributed by atoms with Crippen molar-refractivity contribution in [3.05, 3.63) is 23.5 Å². The predicted molar refractivity (Wildman–Crippen MR) is 65.2 cm³/mol. The fourth-order valence-corrected chi connectivity index (χ4v) is 2.16. The molecule has 98 valence electrons. The molecule has 1 aliphatic rings. The monoisotopic (exact) mass is 254 g/mol. The van der Waals surface area contributed by atoms with Crippen molar-refractivity contribution in [2.45, 2.75) is 18.9 Å². The SMILES string of the molecule is CC1(O)CCN(c2cc(C(=O)O)c(N)cc2F)C1. The number of hydrogen-bond acceptors (Lipinski definition) is 4. The zero-order chi connectivity index (χ0) is 13.5. The van der Waals surface area contributed by atoms with Crippen LogP contribution in [-0.2, 0) is 0 Å². The highest BCUT2D eigenvalue weighted by atomic mass is 19.1. The van der Waals surface area contributed by atoms with Gasteiger partial charge in [-0.05, 0) is 25.5 Å². The summed E-state index contributed by atoms with van der Waals surface area (Å²) in [5.41, 5.74) is 4.51. The highest BCUT2D eigenvalue weighted by Crippen LogP contribution is 2.31. The first-order valence-electron chi connectivity index (χ1n) is 5.60. The van der Waals surface area contributed by atoms with E-state index in [0.29, 0.717) is 13.0 Å². The van der Waals surface area contributed by atoms with Crippen LogP contribution in [-0.4, -0.2) is 34.9 Å². The van der Waals surface area contributed by atoms with Gasteiger partial charge in [0.1, 0.15) is 5.82 Å². The second-order valence-electron chi connectivity index (χ2n) is 4.86. The Kier molecular flexibility index (Phi) is 2.90. The van der Waals surface area contributed by atoms with E-state index in [4.69, 9.17) is 10.8 Å². The quantitative estimate of drug-likeness (QED) is 0.687. The molecule has 1 saturated heterocycles. The molecule has 4 N–H and O–H groups in total. The maximum absolute atomic E-state index is 13.8. The van der Waals surface area contributed by atoms with Crippen LogP contribution in [0.4, 0.5) is 15.8 Å². The molecule has 1 aromatic carbocycles. The van der Waals surface area contributed by atoms with Crippen molar-refractivity contribution < 1.29 is 19.4 Å². The summed E-state index contributed by atoms with van der Waals surface area (Å²) >= 11 is 0. The summed E-state index contributed by atoms with van der Waals surface area (Å²) in [5, 5.41) is 18.8. The van der Waals surface area contributed by atoms with Gasteiger partial charge in [0.05, 0.1) is 16.9 Å². The van der Waals surface area contributed by atoms with Crippen LogP contribution in [0.1, 0.15) is 23.7 Å². The van der Waals surface area contributed by atoms with Gasteiger partial charge >= 0.3 is 5.97 Å².